The Morgan fingerprint density at radius 1 is 1.36 bits per heavy atom. The molecule has 74 valence electrons. The van der Waals surface area contributed by atoms with Crippen LogP contribution in [0.1, 0.15) is 12.5 Å². The van der Waals surface area contributed by atoms with Crippen molar-refractivity contribution >= 4 is 10.9 Å². The largest absolute Gasteiger partial charge is 0.351 e. The maximum Gasteiger partial charge on any atom is 0.0480 e. The van der Waals surface area contributed by atoms with E-state index in [1.54, 1.807) is 0 Å². The lowest BCUT2D eigenvalue weighted by Gasteiger charge is -2.05. The second kappa shape index (κ2) is 3.46. The first kappa shape index (κ1) is 9.28. The van der Waals surface area contributed by atoms with E-state index >= 15 is 0 Å². The highest BCUT2D eigenvalue weighted by atomic mass is 14.9. The van der Waals surface area contributed by atoms with Gasteiger partial charge in [0.15, 0.2) is 0 Å². The summed E-state index contributed by atoms with van der Waals surface area (Å²) in [6.45, 7) is 2.04. The Morgan fingerprint density at radius 3 is 2.86 bits per heavy atom. The fraction of sp³-hybridized carbons (Fsp3) is 0.333. The highest BCUT2D eigenvalue weighted by molar-refractivity contribution is 5.80. The molecule has 0 amide bonds. The van der Waals surface area contributed by atoms with Gasteiger partial charge in [-0.3, -0.25) is 0 Å². The molecule has 2 nitrogen and oxygen atoms in total. The molecular weight excluding hydrogens is 172 g/mol. The summed E-state index contributed by atoms with van der Waals surface area (Å²) < 4.78 is 2.14. The number of hydrogen-bond acceptors (Lipinski definition) is 1. The van der Waals surface area contributed by atoms with E-state index in [-0.39, 0.29) is 6.04 Å². The van der Waals surface area contributed by atoms with Crippen molar-refractivity contribution in [2.45, 2.75) is 19.4 Å². The van der Waals surface area contributed by atoms with E-state index in [0.717, 1.165) is 6.42 Å². The summed E-state index contributed by atoms with van der Waals surface area (Å²) in [6.07, 6.45) is 3.03. The van der Waals surface area contributed by atoms with E-state index in [2.05, 4.69) is 42.1 Å². The molecule has 0 saturated heterocycles. The van der Waals surface area contributed by atoms with Crippen LogP contribution >= 0.6 is 0 Å². The molecule has 0 spiro atoms. The summed E-state index contributed by atoms with van der Waals surface area (Å²) >= 11 is 0. The molecule has 0 radical (unpaired) electrons. The molecule has 2 rings (SSSR count). The van der Waals surface area contributed by atoms with Crippen LogP contribution in [0.25, 0.3) is 10.9 Å². The summed E-state index contributed by atoms with van der Waals surface area (Å²) in [5.41, 5.74) is 8.37. The SMILES string of the molecule is C[C@H](N)Cc1ccc2ccn(C)c2c1. The average molecular weight is 188 g/mol. The van der Waals surface area contributed by atoms with Gasteiger partial charge >= 0.3 is 0 Å². The van der Waals surface area contributed by atoms with Crippen LogP contribution in [0.3, 0.4) is 0 Å². The van der Waals surface area contributed by atoms with Crippen LogP contribution in [0.2, 0.25) is 0 Å². The Hall–Kier alpha value is -1.28. The average Bonchev–Trinajstić information content (AvgIpc) is 2.47. The number of nitrogens with two attached hydrogens (primary N) is 1. The second-order valence-electron chi connectivity index (χ2n) is 4.00. The van der Waals surface area contributed by atoms with Crippen molar-refractivity contribution in [3.63, 3.8) is 0 Å². The highest BCUT2D eigenvalue weighted by Crippen LogP contribution is 2.17. The molecule has 0 bridgehead atoms. The van der Waals surface area contributed by atoms with Gasteiger partial charge in [0.25, 0.3) is 0 Å². The molecule has 0 saturated carbocycles. The monoisotopic (exact) mass is 188 g/mol. The molecular formula is C12H16N2. The normalized spacial score (nSPS) is 13.4. The van der Waals surface area contributed by atoms with Gasteiger partial charge in [-0.25, -0.2) is 0 Å². The van der Waals surface area contributed by atoms with Gasteiger partial charge < -0.3 is 10.3 Å². The summed E-state index contributed by atoms with van der Waals surface area (Å²) in [5, 5.41) is 1.29. The predicted molar refractivity (Wildman–Crippen MR) is 60.3 cm³/mol. The molecule has 2 aromatic rings. The van der Waals surface area contributed by atoms with Gasteiger partial charge in [0.1, 0.15) is 0 Å². The maximum absolute atomic E-state index is 5.78. The van der Waals surface area contributed by atoms with E-state index in [9.17, 15) is 0 Å². The van der Waals surface area contributed by atoms with Gasteiger partial charge in [-0.15, -0.1) is 0 Å². The van der Waals surface area contributed by atoms with Crippen LogP contribution in [0.5, 0.6) is 0 Å². The first-order valence-electron chi connectivity index (χ1n) is 4.96. The predicted octanol–water partition coefficient (Wildman–Crippen LogP) is 2.07. The van der Waals surface area contributed by atoms with Gasteiger partial charge in [0.05, 0.1) is 0 Å². The third kappa shape index (κ3) is 1.66. The van der Waals surface area contributed by atoms with E-state index in [0.29, 0.717) is 0 Å². The van der Waals surface area contributed by atoms with Crippen molar-refractivity contribution in [2.24, 2.45) is 12.8 Å². The number of nitrogens with zero attached hydrogens (tertiary/aromatic N) is 1. The van der Waals surface area contributed by atoms with Crippen LogP contribution < -0.4 is 5.73 Å². The number of hydrogen-bond donors (Lipinski definition) is 1. The van der Waals surface area contributed by atoms with Crippen LogP contribution in [0.15, 0.2) is 30.5 Å². The van der Waals surface area contributed by atoms with Gasteiger partial charge in [-0.05, 0) is 36.4 Å². The van der Waals surface area contributed by atoms with E-state index in [1.807, 2.05) is 6.92 Å². The minimum absolute atomic E-state index is 0.229. The van der Waals surface area contributed by atoms with Gasteiger partial charge in [-0.2, -0.15) is 0 Å². The molecule has 0 fully saturated rings. The Bertz CT molecular complexity index is 441. The van der Waals surface area contributed by atoms with Gasteiger partial charge in [0.2, 0.25) is 0 Å². The molecule has 1 aromatic heterocycles. The quantitative estimate of drug-likeness (QED) is 0.768. The van der Waals surface area contributed by atoms with Crippen molar-refractivity contribution < 1.29 is 0 Å². The van der Waals surface area contributed by atoms with Crippen LogP contribution in [-0.4, -0.2) is 10.6 Å². The number of fused-ring (bicyclic) bond motifs is 1. The second-order valence-corrected chi connectivity index (χ2v) is 4.00. The Kier molecular flexibility index (Phi) is 2.30. The molecule has 0 aliphatic heterocycles. The van der Waals surface area contributed by atoms with Crippen molar-refractivity contribution in [1.82, 2.24) is 4.57 Å². The summed E-state index contributed by atoms with van der Waals surface area (Å²) in [6, 6.07) is 8.90. The van der Waals surface area contributed by atoms with E-state index < -0.39 is 0 Å². The zero-order chi connectivity index (χ0) is 10.1. The van der Waals surface area contributed by atoms with Gasteiger partial charge in [-0.1, -0.05) is 12.1 Å². The van der Waals surface area contributed by atoms with Crippen molar-refractivity contribution in [2.75, 3.05) is 0 Å². The molecule has 0 aliphatic rings. The zero-order valence-electron chi connectivity index (χ0n) is 8.70. The molecule has 1 aromatic carbocycles. The molecule has 14 heavy (non-hydrogen) atoms. The fourth-order valence-electron chi connectivity index (χ4n) is 1.81. The van der Waals surface area contributed by atoms with Crippen molar-refractivity contribution in [1.29, 1.82) is 0 Å². The van der Waals surface area contributed by atoms with E-state index in [4.69, 9.17) is 5.73 Å². The molecule has 0 unspecified atom stereocenters. The standard InChI is InChI=1S/C12H16N2/c1-9(13)7-10-3-4-11-5-6-14(2)12(11)8-10/h3-6,8-9H,7,13H2,1-2H3/t9-/m0/s1. The van der Waals surface area contributed by atoms with Crippen molar-refractivity contribution in [3.05, 3.63) is 36.0 Å². The lowest BCUT2D eigenvalue weighted by molar-refractivity contribution is 0.738. The number of aryl methyl sites for hydroxylation is 1. The lowest BCUT2D eigenvalue weighted by Crippen LogP contribution is -2.17. The minimum Gasteiger partial charge on any atom is -0.351 e. The smallest absolute Gasteiger partial charge is 0.0480 e. The Balaban J connectivity index is 2.44. The Morgan fingerprint density at radius 2 is 2.14 bits per heavy atom. The first-order valence-corrected chi connectivity index (χ1v) is 4.96. The first-order chi connectivity index (χ1) is 6.66. The minimum atomic E-state index is 0.229. The summed E-state index contributed by atoms with van der Waals surface area (Å²) in [5.74, 6) is 0. The highest BCUT2D eigenvalue weighted by Gasteiger charge is 2.01. The topological polar surface area (TPSA) is 30.9 Å². The van der Waals surface area contributed by atoms with Crippen molar-refractivity contribution in [3.8, 4) is 0 Å². The summed E-state index contributed by atoms with van der Waals surface area (Å²) in [4.78, 5) is 0. The lowest BCUT2D eigenvalue weighted by atomic mass is 10.1. The fourth-order valence-corrected chi connectivity index (χ4v) is 1.81. The number of aromatic nitrogens is 1. The number of benzene rings is 1. The van der Waals surface area contributed by atoms with Gasteiger partial charge in [0, 0.05) is 24.8 Å². The third-order valence-electron chi connectivity index (χ3n) is 2.51. The van der Waals surface area contributed by atoms with Crippen LogP contribution in [0.4, 0.5) is 0 Å². The third-order valence-corrected chi connectivity index (χ3v) is 2.51. The Labute approximate surface area is 84.3 Å². The molecule has 0 aliphatic carbocycles. The summed E-state index contributed by atoms with van der Waals surface area (Å²) in [7, 11) is 2.07. The maximum atomic E-state index is 5.78. The van der Waals surface area contributed by atoms with Crippen LogP contribution in [0, 0.1) is 0 Å². The van der Waals surface area contributed by atoms with Crippen LogP contribution in [-0.2, 0) is 13.5 Å². The van der Waals surface area contributed by atoms with E-state index in [1.165, 1.54) is 16.5 Å². The number of rotatable bonds is 2. The molecule has 2 N–H and O–H groups in total. The molecule has 1 heterocycles. The molecule has 2 heteroatoms. The molecule has 1 atom stereocenters. The zero-order valence-corrected chi connectivity index (χ0v) is 8.70.